The molecular formula is C16H17NO6. The Morgan fingerprint density at radius 1 is 1.13 bits per heavy atom. The molecule has 7 nitrogen and oxygen atoms in total. The summed E-state index contributed by atoms with van der Waals surface area (Å²) in [5.74, 6) is -2.07. The Labute approximate surface area is 132 Å². The molecule has 1 aromatic carbocycles. The average molecular weight is 319 g/mol. The number of carbonyl (C=O) groups is 2. The molecule has 2 N–H and O–H groups in total. The van der Waals surface area contributed by atoms with Crippen LogP contribution in [0.4, 0.5) is 5.69 Å². The highest BCUT2D eigenvalue weighted by atomic mass is 16.5. The lowest BCUT2D eigenvalue weighted by atomic mass is 9.82. The molecule has 0 unspecified atom stereocenters. The van der Waals surface area contributed by atoms with E-state index in [-0.39, 0.29) is 0 Å². The van der Waals surface area contributed by atoms with Gasteiger partial charge in [0.15, 0.2) is 0 Å². The predicted molar refractivity (Wildman–Crippen MR) is 80.6 cm³/mol. The van der Waals surface area contributed by atoms with Crippen LogP contribution in [0.2, 0.25) is 0 Å². The van der Waals surface area contributed by atoms with Gasteiger partial charge >= 0.3 is 5.97 Å². The first-order chi connectivity index (χ1) is 11.0. The van der Waals surface area contributed by atoms with Crippen LogP contribution < -0.4 is 14.8 Å². The van der Waals surface area contributed by atoms with Gasteiger partial charge in [-0.15, -0.1) is 0 Å². The summed E-state index contributed by atoms with van der Waals surface area (Å²) in [5, 5.41) is 12.1. The minimum atomic E-state index is -1.04. The van der Waals surface area contributed by atoms with Gasteiger partial charge in [-0.3, -0.25) is 9.59 Å². The molecule has 0 aliphatic carbocycles. The molecular weight excluding hydrogens is 302 g/mol. The van der Waals surface area contributed by atoms with Crippen LogP contribution in [0.5, 0.6) is 11.5 Å². The zero-order valence-corrected chi connectivity index (χ0v) is 12.7. The van der Waals surface area contributed by atoms with Crippen molar-refractivity contribution in [2.24, 2.45) is 11.8 Å². The van der Waals surface area contributed by atoms with E-state index in [1.165, 1.54) is 14.2 Å². The van der Waals surface area contributed by atoms with E-state index in [4.69, 9.17) is 14.2 Å². The largest absolute Gasteiger partial charge is 0.497 e. The minimum absolute atomic E-state index is 0.405. The van der Waals surface area contributed by atoms with Crippen molar-refractivity contribution in [3.8, 4) is 11.5 Å². The number of amides is 1. The Balaban J connectivity index is 1.82. The predicted octanol–water partition coefficient (Wildman–Crippen LogP) is 1.30. The zero-order chi connectivity index (χ0) is 16.6. The molecule has 2 heterocycles. The highest BCUT2D eigenvalue weighted by Gasteiger charge is 2.53. The highest BCUT2D eigenvalue weighted by molar-refractivity contribution is 5.97. The number of benzene rings is 1. The SMILES string of the molecule is COc1ccc(NC(=O)[C@@H]2[C@@H](C(=O)O)[C@@H]3C=C[C@@H]2O3)c(OC)c1. The fourth-order valence-corrected chi connectivity index (χ4v) is 3.03. The summed E-state index contributed by atoms with van der Waals surface area (Å²) in [6.07, 6.45) is 2.37. The summed E-state index contributed by atoms with van der Waals surface area (Å²) in [4.78, 5) is 24.0. The van der Waals surface area contributed by atoms with Crippen molar-refractivity contribution in [3.05, 3.63) is 30.4 Å². The van der Waals surface area contributed by atoms with Crippen molar-refractivity contribution in [2.45, 2.75) is 12.2 Å². The Bertz CT molecular complexity index is 671. The molecule has 0 aromatic heterocycles. The maximum absolute atomic E-state index is 12.6. The van der Waals surface area contributed by atoms with Gasteiger partial charge in [-0.05, 0) is 12.1 Å². The fourth-order valence-electron chi connectivity index (χ4n) is 3.03. The number of ether oxygens (including phenoxy) is 3. The minimum Gasteiger partial charge on any atom is -0.497 e. The lowest BCUT2D eigenvalue weighted by molar-refractivity contribution is -0.145. The molecule has 2 aliphatic heterocycles. The topological polar surface area (TPSA) is 94.1 Å². The molecule has 23 heavy (non-hydrogen) atoms. The third-order valence-corrected chi connectivity index (χ3v) is 4.15. The summed E-state index contributed by atoms with van der Waals surface area (Å²) in [5.41, 5.74) is 0.453. The number of anilines is 1. The summed E-state index contributed by atoms with van der Waals surface area (Å²) >= 11 is 0. The third kappa shape index (κ3) is 2.63. The number of carboxylic acid groups (broad SMARTS) is 1. The van der Waals surface area contributed by atoms with Crippen LogP contribution in [0, 0.1) is 11.8 Å². The van der Waals surface area contributed by atoms with Crippen LogP contribution in [-0.2, 0) is 14.3 Å². The number of hydrogen-bond acceptors (Lipinski definition) is 5. The van der Waals surface area contributed by atoms with E-state index < -0.39 is 35.9 Å². The molecule has 0 radical (unpaired) electrons. The van der Waals surface area contributed by atoms with Gasteiger partial charge in [-0.25, -0.2) is 0 Å². The molecule has 1 aromatic rings. The summed E-state index contributed by atoms with van der Waals surface area (Å²) in [6.45, 7) is 0. The van der Waals surface area contributed by atoms with Crippen LogP contribution in [0.25, 0.3) is 0 Å². The fraction of sp³-hybridized carbons (Fsp3) is 0.375. The van der Waals surface area contributed by atoms with Crippen LogP contribution in [0.1, 0.15) is 0 Å². The molecule has 1 saturated heterocycles. The molecule has 4 atom stereocenters. The van der Waals surface area contributed by atoms with Crippen molar-refractivity contribution >= 4 is 17.6 Å². The smallest absolute Gasteiger partial charge is 0.310 e. The van der Waals surface area contributed by atoms with Crippen molar-refractivity contribution in [1.82, 2.24) is 0 Å². The van der Waals surface area contributed by atoms with Crippen molar-refractivity contribution in [3.63, 3.8) is 0 Å². The van der Waals surface area contributed by atoms with Gasteiger partial charge in [0.05, 0.1) is 38.0 Å². The van der Waals surface area contributed by atoms with Gasteiger partial charge in [-0.2, -0.15) is 0 Å². The molecule has 2 aliphatic rings. The van der Waals surface area contributed by atoms with Crippen molar-refractivity contribution in [1.29, 1.82) is 0 Å². The second kappa shape index (κ2) is 5.92. The van der Waals surface area contributed by atoms with Crippen molar-refractivity contribution in [2.75, 3.05) is 19.5 Å². The van der Waals surface area contributed by atoms with Gasteiger partial charge in [0.25, 0.3) is 0 Å². The van der Waals surface area contributed by atoms with E-state index in [1.807, 2.05) is 0 Å². The van der Waals surface area contributed by atoms with E-state index in [9.17, 15) is 14.7 Å². The Morgan fingerprint density at radius 3 is 2.43 bits per heavy atom. The third-order valence-electron chi connectivity index (χ3n) is 4.15. The number of carbonyl (C=O) groups excluding carboxylic acids is 1. The van der Waals surface area contributed by atoms with Gasteiger partial charge in [-0.1, -0.05) is 12.2 Å². The lowest BCUT2D eigenvalue weighted by Crippen LogP contribution is -2.39. The first-order valence-electron chi connectivity index (χ1n) is 7.14. The molecule has 122 valence electrons. The molecule has 1 amide bonds. The number of hydrogen-bond donors (Lipinski definition) is 2. The number of fused-ring (bicyclic) bond motifs is 2. The van der Waals surface area contributed by atoms with Gasteiger partial charge in [0, 0.05) is 6.07 Å². The van der Waals surface area contributed by atoms with E-state index in [1.54, 1.807) is 30.4 Å². The number of rotatable bonds is 5. The van der Waals surface area contributed by atoms with E-state index in [0.717, 1.165) is 0 Å². The maximum atomic E-state index is 12.6. The Hall–Kier alpha value is -2.54. The molecule has 2 bridgehead atoms. The van der Waals surface area contributed by atoms with Crippen molar-refractivity contribution < 1.29 is 28.9 Å². The monoisotopic (exact) mass is 319 g/mol. The zero-order valence-electron chi connectivity index (χ0n) is 12.7. The van der Waals surface area contributed by atoms with Crippen LogP contribution in [-0.4, -0.2) is 43.4 Å². The van der Waals surface area contributed by atoms with Gasteiger partial charge in [0.1, 0.15) is 17.4 Å². The molecule has 7 heteroatoms. The summed E-state index contributed by atoms with van der Waals surface area (Å²) in [6, 6.07) is 4.97. The lowest BCUT2D eigenvalue weighted by Gasteiger charge is -2.21. The number of methoxy groups -OCH3 is 2. The summed E-state index contributed by atoms with van der Waals surface area (Å²) < 4.78 is 15.8. The first-order valence-corrected chi connectivity index (χ1v) is 7.14. The van der Waals surface area contributed by atoms with E-state index >= 15 is 0 Å². The standard InChI is InChI=1S/C16H17NO6/c1-21-8-3-4-9(12(7-8)22-2)17-15(18)13-10-5-6-11(23-10)14(13)16(19)20/h3-7,10-11,13-14H,1-2H3,(H,17,18)(H,19,20)/t10-,11-,13-,14-/m0/s1. The maximum Gasteiger partial charge on any atom is 0.310 e. The number of aliphatic carboxylic acids is 1. The van der Waals surface area contributed by atoms with Crippen LogP contribution in [0.15, 0.2) is 30.4 Å². The first kappa shape index (κ1) is 15.4. The normalized spacial score (nSPS) is 27.7. The number of carboxylic acids is 1. The second-order valence-corrected chi connectivity index (χ2v) is 5.40. The van der Waals surface area contributed by atoms with Gasteiger partial charge in [0.2, 0.25) is 5.91 Å². The average Bonchev–Trinajstić information content (AvgIpc) is 3.16. The summed E-state index contributed by atoms with van der Waals surface area (Å²) in [7, 11) is 3.01. The Kier molecular flexibility index (Phi) is 3.96. The van der Waals surface area contributed by atoms with E-state index in [0.29, 0.717) is 17.2 Å². The number of nitrogens with one attached hydrogen (secondary N) is 1. The molecule has 0 saturated carbocycles. The van der Waals surface area contributed by atoms with E-state index in [2.05, 4.69) is 5.32 Å². The molecule has 1 fully saturated rings. The van der Waals surface area contributed by atoms with Crippen LogP contribution >= 0.6 is 0 Å². The van der Waals surface area contributed by atoms with Crippen LogP contribution in [0.3, 0.4) is 0 Å². The quantitative estimate of drug-likeness (QED) is 0.795. The molecule has 0 spiro atoms. The highest BCUT2D eigenvalue weighted by Crippen LogP contribution is 2.40. The molecule has 3 rings (SSSR count). The second-order valence-electron chi connectivity index (χ2n) is 5.40. The van der Waals surface area contributed by atoms with Gasteiger partial charge < -0.3 is 24.6 Å². The Morgan fingerprint density at radius 2 is 1.83 bits per heavy atom.